The number of phenolic OH excluding ortho intramolecular Hbond substituents is 1. The lowest BCUT2D eigenvalue weighted by Crippen LogP contribution is -2.28. The van der Waals surface area contributed by atoms with Crippen molar-refractivity contribution in [3.8, 4) is 5.75 Å². The Bertz CT molecular complexity index is 686. The Hall–Kier alpha value is -2.18. The second-order valence-corrected chi connectivity index (χ2v) is 4.94. The van der Waals surface area contributed by atoms with E-state index in [1.807, 2.05) is 0 Å². The van der Waals surface area contributed by atoms with Gasteiger partial charge in [0.2, 0.25) is 0 Å². The van der Waals surface area contributed by atoms with Gasteiger partial charge in [0.05, 0.1) is 6.10 Å². The lowest BCUT2D eigenvalue weighted by Gasteiger charge is -2.13. The third-order valence-corrected chi connectivity index (χ3v) is 3.34. The average molecular weight is 328 g/mol. The van der Waals surface area contributed by atoms with E-state index in [0.29, 0.717) is 22.7 Å². The number of carbonyl (C=O) groups excluding carboxylic acids is 1. The van der Waals surface area contributed by atoms with Crippen LogP contribution in [0.5, 0.6) is 5.75 Å². The summed E-state index contributed by atoms with van der Waals surface area (Å²) in [6.07, 6.45) is -1.07. The van der Waals surface area contributed by atoms with E-state index in [9.17, 15) is 18.7 Å². The molecule has 1 atom stereocenters. The molecule has 0 aromatic heterocycles. The van der Waals surface area contributed by atoms with Gasteiger partial charge in [0, 0.05) is 22.7 Å². The summed E-state index contributed by atoms with van der Waals surface area (Å²) >= 11 is 5.91. The van der Waals surface area contributed by atoms with Gasteiger partial charge in [-0.25, -0.2) is 8.78 Å². The number of hydrogen-bond donors (Lipinski definition) is 3. The first-order valence-electron chi connectivity index (χ1n) is 6.29. The molecule has 2 aromatic carbocycles. The number of aromatic hydroxyl groups is 1. The Morgan fingerprint density at radius 3 is 2.41 bits per heavy atom. The molecule has 22 heavy (non-hydrogen) atoms. The van der Waals surface area contributed by atoms with Crippen molar-refractivity contribution in [2.45, 2.75) is 6.10 Å². The highest BCUT2D eigenvalue weighted by atomic mass is 35.5. The summed E-state index contributed by atoms with van der Waals surface area (Å²) in [7, 11) is 0. The molecular formula is C15H12ClF2NO3. The van der Waals surface area contributed by atoms with Crippen molar-refractivity contribution in [1.29, 1.82) is 0 Å². The third kappa shape index (κ3) is 3.52. The molecule has 0 aliphatic heterocycles. The van der Waals surface area contributed by atoms with E-state index in [2.05, 4.69) is 5.32 Å². The van der Waals surface area contributed by atoms with Gasteiger partial charge in [0.1, 0.15) is 0 Å². The van der Waals surface area contributed by atoms with Crippen LogP contribution in [0.3, 0.4) is 0 Å². The van der Waals surface area contributed by atoms with Gasteiger partial charge in [0.25, 0.3) is 5.91 Å². The zero-order chi connectivity index (χ0) is 16.3. The number of carbonyl (C=O) groups is 1. The first-order valence-corrected chi connectivity index (χ1v) is 6.66. The summed E-state index contributed by atoms with van der Waals surface area (Å²) in [6, 6.07) is 7.97. The van der Waals surface area contributed by atoms with Gasteiger partial charge in [-0.2, -0.15) is 0 Å². The highest BCUT2D eigenvalue weighted by Crippen LogP contribution is 2.23. The first-order chi connectivity index (χ1) is 10.4. The summed E-state index contributed by atoms with van der Waals surface area (Å²) in [6.45, 7) is -0.188. The number of benzene rings is 2. The largest absolute Gasteiger partial charge is 0.503 e. The average Bonchev–Trinajstić information content (AvgIpc) is 2.49. The first kappa shape index (κ1) is 16.2. The Morgan fingerprint density at radius 2 is 1.82 bits per heavy atom. The van der Waals surface area contributed by atoms with E-state index in [1.165, 1.54) is 0 Å². The highest BCUT2D eigenvalue weighted by Gasteiger charge is 2.16. The predicted molar refractivity (Wildman–Crippen MR) is 76.8 cm³/mol. The number of amides is 1. The van der Waals surface area contributed by atoms with E-state index < -0.39 is 29.4 Å². The molecule has 4 nitrogen and oxygen atoms in total. The van der Waals surface area contributed by atoms with Crippen LogP contribution in [0.25, 0.3) is 0 Å². The molecule has 0 unspecified atom stereocenters. The van der Waals surface area contributed by atoms with Crippen LogP contribution in [0.2, 0.25) is 5.02 Å². The number of nitrogens with one attached hydrogen (secondary N) is 1. The van der Waals surface area contributed by atoms with Crippen LogP contribution < -0.4 is 5.32 Å². The van der Waals surface area contributed by atoms with E-state index in [4.69, 9.17) is 16.7 Å². The number of aliphatic hydroxyl groups excluding tert-OH is 1. The maximum Gasteiger partial charge on any atom is 0.251 e. The van der Waals surface area contributed by atoms with Gasteiger partial charge in [0.15, 0.2) is 17.4 Å². The Labute approximate surface area is 130 Å². The van der Waals surface area contributed by atoms with Crippen LogP contribution in [0.15, 0.2) is 36.4 Å². The molecular weight excluding hydrogens is 316 g/mol. The quantitative estimate of drug-likeness (QED) is 0.808. The molecule has 0 radical (unpaired) electrons. The van der Waals surface area contributed by atoms with E-state index in [1.54, 1.807) is 24.3 Å². The van der Waals surface area contributed by atoms with E-state index in [0.717, 1.165) is 0 Å². The fourth-order valence-electron chi connectivity index (χ4n) is 1.84. The second kappa shape index (κ2) is 6.72. The van der Waals surface area contributed by atoms with Crippen molar-refractivity contribution in [3.63, 3.8) is 0 Å². The third-order valence-electron chi connectivity index (χ3n) is 3.00. The maximum atomic E-state index is 13.2. The summed E-state index contributed by atoms with van der Waals surface area (Å²) < 4.78 is 26.4. The lowest BCUT2D eigenvalue weighted by atomic mass is 10.1. The van der Waals surface area contributed by atoms with Crippen molar-refractivity contribution in [3.05, 3.63) is 64.2 Å². The summed E-state index contributed by atoms with van der Waals surface area (Å²) in [5.41, 5.74) is 0.117. The number of phenols is 1. The van der Waals surface area contributed by atoms with Crippen molar-refractivity contribution < 1.29 is 23.8 Å². The standard InChI is InChI=1S/C15H12ClF2NO3/c16-10-4-2-1-3-9(10)13(20)7-19-15(22)8-5-11(17)14(21)12(18)6-8/h1-6,13,20-21H,7H2,(H,19,22)/t13-/m0/s1. The van der Waals surface area contributed by atoms with Crippen molar-refractivity contribution >= 4 is 17.5 Å². The van der Waals surface area contributed by atoms with Crippen molar-refractivity contribution in [2.24, 2.45) is 0 Å². The molecule has 0 bridgehead atoms. The molecule has 116 valence electrons. The zero-order valence-electron chi connectivity index (χ0n) is 11.2. The minimum Gasteiger partial charge on any atom is -0.503 e. The van der Waals surface area contributed by atoms with Crippen LogP contribution in [0, 0.1) is 11.6 Å². The van der Waals surface area contributed by atoms with Gasteiger partial charge in [-0.1, -0.05) is 29.8 Å². The number of halogens is 3. The van der Waals surface area contributed by atoms with Crippen LogP contribution in [0.4, 0.5) is 8.78 Å². The SMILES string of the molecule is O=C(NC[C@H](O)c1ccccc1Cl)c1cc(F)c(O)c(F)c1. The fraction of sp³-hybridized carbons (Fsp3) is 0.133. The topological polar surface area (TPSA) is 69.6 Å². The molecule has 0 spiro atoms. The maximum absolute atomic E-state index is 13.2. The molecule has 7 heteroatoms. The summed E-state index contributed by atoms with van der Waals surface area (Å²) in [4.78, 5) is 11.8. The normalized spacial score (nSPS) is 12.0. The molecule has 0 fully saturated rings. The Morgan fingerprint density at radius 1 is 1.23 bits per heavy atom. The van der Waals surface area contributed by atoms with Gasteiger partial charge in [-0.3, -0.25) is 4.79 Å². The minimum atomic E-state index is -1.24. The zero-order valence-corrected chi connectivity index (χ0v) is 11.9. The smallest absolute Gasteiger partial charge is 0.251 e. The van der Waals surface area contributed by atoms with Crippen LogP contribution in [-0.4, -0.2) is 22.7 Å². The van der Waals surface area contributed by atoms with Gasteiger partial charge < -0.3 is 15.5 Å². The van der Waals surface area contributed by atoms with Gasteiger partial charge in [-0.05, 0) is 18.2 Å². The molecule has 0 saturated carbocycles. The molecule has 1 amide bonds. The van der Waals surface area contributed by atoms with Crippen LogP contribution >= 0.6 is 11.6 Å². The molecule has 0 saturated heterocycles. The van der Waals surface area contributed by atoms with Gasteiger partial charge >= 0.3 is 0 Å². The molecule has 3 N–H and O–H groups in total. The minimum absolute atomic E-state index is 0.188. The van der Waals surface area contributed by atoms with E-state index >= 15 is 0 Å². The molecule has 0 heterocycles. The van der Waals surface area contributed by atoms with Crippen molar-refractivity contribution in [2.75, 3.05) is 6.54 Å². The predicted octanol–water partition coefficient (Wildman–Crippen LogP) is 2.79. The highest BCUT2D eigenvalue weighted by molar-refractivity contribution is 6.31. The number of hydrogen-bond acceptors (Lipinski definition) is 3. The van der Waals surface area contributed by atoms with Crippen LogP contribution in [0.1, 0.15) is 22.0 Å². The Balaban J connectivity index is 2.06. The fourth-order valence-corrected chi connectivity index (χ4v) is 2.11. The molecule has 2 aromatic rings. The monoisotopic (exact) mass is 327 g/mol. The lowest BCUT2D eigenvalue weighted by molar-refractivity contribution is 0.0915. The molecule has 0 aliphatic carbocycles. The van der Waals surface area contributed by atoms with E-state index in [-0.39, 0.29) is 12.1 Å². The van der Waals surface area contributed by atoms with Crippen LogP contribution in [-0.2, 0) is 0 Å². The van der Waals surface area contributed by atoms with Crippen molar-refractivity contribution in [1.82, 2.24) is 5.32 Å². The second-order valence-electron chi connectivity index (χ2n) is 4.54. The Kier molecular flexibility index (Phi) is 4.95. The summed E-state index contributed by atoms with van der Waals surface area (Å²) in [5, 5.41) is 21.6. The number of aliphatic hydroxyl groups is 1. The van der Waals surface area contributed by atoms with Gasteiger partial charge in [-0.15, -0.1) is 0 Å². The number of rotatable bonds is 4. The molecule has 2 rings (SSSR count). The summed E-state index contributed by atoms with van der Waals surface area (Å²) in [5.74, 6) is -4.41. The molecule has 0 aliphatic rings.